The van der Waals surface area contributed by atoms with Gasteiger partial charge in [0.1, 0.15) is 5.75 Å². The second-order valence-corrected chi connectivity index (χ2v) is 5.52. The number of hydrogen-bond acceptors (Lipinski definition) is 3. The van der Waals surface area contributed by atoms with E-state index < -0.39 is 0 Å². The van der Waals surface area contributed by atoms with E-state index in [0.29, 0.717) is 19.1 Å². The molecule has 0 fully saturated rings. The molecule has 4 nitrogen and oxygen atoms in total. The van der Waals surface area contributed by atoms with Crippen LogP contribution in [0.4, 0.5) is 0 Å². The molecule has 2 rings (SSSR count). The SMILES string of the molecule is CNC1CCc2c(OCCC(=O)NC(C)C)cccc21. The van der Waals surface area contributed by atoms with Crippen molar-refractivity contribution in [1.82, 2.24) is 10.6 Å². The molecule has 2 N–H and O–H groups in total. The van der Waals surface area contributed by atoms with Crippen molar-refractivity contribution in [2.75, 3.05) is 13.7 Å². The Hall–Kier alpha value is -1.55. The number of hydrogen-bond donors (Lipinski definition) is 2. The number of fused-ring (bicyclic) bond motifs is 1. The Bertz CT molecular complexity index is 472. The summed E-state index contributed by atoms with van der Waals surface area (Å²) in [6, 6.07) is 6.79. The van der Waals surface area contributed by atoms with Crippen LogP contribution in [0.25, 0.3) is 0 Å². The van der Waals surface area contributed by atoms with Gasteiger partial charge in [-0.3, -0.25) is 4.79 Å². The lowest BCUT2D eigenvalue weighted by molar-refractivity contribution is -0.122. The zero-order valence-corrected chi connectivity index (χ0v) is 12.5. The second kappa shape index (κ2) is 6.75. The molecular formula is C16H24N2O2. The molecule has 0 aliphatic heterocycles. The fourth-order valence-electron chi connectivity index (χ4n) is 2.70. The number of carbonyl (C=O) groups excluding carboxylic acids is 1. The number of nitrogens with one attached hydrogen (secondary N) is 2. The molecule has 20 heavy (non-hydrogen) atoms. The van der Waals surface area contributed by atoms with Gasteiger partial charge in [-0.05, 0) is 50.9 Å². The first kappa shape index (κ1) is 14.9. The van der Waals surface area contributed by atoms with Gasteiger partial charge in [0.15, 0.2) is 0 Å². The fourth-order valence-corrected chi connectivity index (χ4v) is 2.70. The lowest BCUT2D eigenvalue weighted by Gasteiger charge is -2.13. The highest BCUT2D eigenvalue weighted by Gasteiger charge is 2.23. The summed E-state index contributed by atoms with van der Waals surface area (Å²) in [6.07, 6.45) is 2.55. The average Bonchev–Trinajstić information content (AvgIpc) is 2.81. The molecule has 0 saturated heterocycles. The van der Waals surface area contributed by atoms with Crippen molar-refractivity contribution in [2.45, 2.75) is 45.2 Å². The van der Waals surface area contributed by atoms with E-state index in [1.807, 2.05) is 33.0 Å². The van der Waals surface area contributed by atoms with Gasteiger partial charge in [0.25, 0.3) is 0 Å². The van der Waals surface area contributed by atoms with Gasteiger partial charge < -0.3 is 15.4 Å². The maximum absolute atomic E-state index is 11.6. The van der Waals surface area contributed by atoms with E-state index in [1.54, 1.807) is 0 Å². The van der Waals surface area contributed by atoms with Gasteiger partial charge in [-0.25, -0.2) is 0 Å². The second-order valence-electron chi connectivity index (χ2n) is 5.52. The third-order valence-electron chi connectivity index (χ3n) is 3.61. The summed E-state index contributed by atoms with van der Waals surface area (Å²) in [5.41, 5.74) is 2.62. The van der Waals surface area contributed by atoms with Crippen molar-refractivity contribution < 1.29 is 9.53 Å². The van der Waals surface area contributed by atoms with Gasteiger partial charge in [0.2, 0.25) is 5.91 Å². The summed E-state index contributed by atoms with van der Waals surface area (Å²) < 4.78 is 5.81. The highest BCUT2D eigenvalue weighted by Crippen LogP contribution is 2.36. The van der Waals surface area contributed by atoms with Crippen LogP contribution >= 0.6 is 0 Å². The average molecular weight is 276 g/mol. The maximum Gasteiger partial charge on any atom is 0.223 e. The standard InChI is InChI=1S/C16H24N2O2/c1-11(2)18-16(19)9-10-20-15-6-4-5-12-13(15)7-8-14(12)17-3/h4-6,11,14,17H,7-10H2,1-3H3,(H,18,19). The van der Waals surface area contributed by atoms with Gasteiger partial charge in [0.05, 0.1) is 13.0 Å². The summed E-state index contributed by atoms with van der Waals surface area (Å²) in [5, 5.41) is 6.19. The summed E-state index contributed by atoms with van der Waals surface area (Å²) in [7, 11) is 1.99. The number of benzene rings is 1. The van der Waals surface area contributed by atoms with Crippen molar-refractivity contribution in [3.05, 3.63) is 29.3 Å². The van der Waals surface area contributed by atoms with Crippen molar-refractivity contribution in [2.24, 2.45) is 0 Å². The van der Waals surface area contributed by atoms with E-state index in [1.165, 1.54) is 11.1 Å². The molecule has 1 aromatic rings. The smallest absolute Gasteiger partial charge is 0.223 e. The van der Waals surface area contributed by atoms with Crippen LogP contribution in [0.3, 0.4) is 0 Å². The lowest BCUT2D eigenvalue weighted by Crippen LogP contribution is -2.31. The van der Waals surface area contributed by atoms with Crippen LogP contribution in [-0.2, 0) is 11.2 Å². The molecule has 1 aliphatic carbocycles. The fraction of sp³-hybridized carbons (Fsp3) is 0.562. The summed E-state index contributed by atoms with van der Waals surface area (Å²) in [5.74, 6) is 0.971. The molecule has 0 heterocycles. The first-order valence-electron chi connectivity index (χ1n) is 7.33. The van der Waals surface area contributed by atoms with Crippen LogP contribution in [0.15, 0.2) is 18.2 Å². The minimum Gasteiger partial charge on any atom is -0.493 e. The van der Waals surface area contributed by atoms with Crippen LogP contribution in [-0.4, -0.2) is 25.6 Å². The predicted octanol–water partition coefficient (Wildman–Crippen LogP) is 2.19. The van der Waals surface area contributed by atoms with E-state index in [9.17, 15) is 4.79 Å². The zero-order valence-electron chi connectivity index (χ0n) is 12.5. The molecule has 0 radical (unpaired) electrons. The van der Waals surface area contributed by atoms with Crippen LogP contribution < -0.4 is 15.4 Å². The summed E-state index contributed by atoms with van der Waals surface area (Å²) >= 11 is 0. The molecule has 110 valence electrons. The molecule has 1 unspecified atom stereocenters. The number of carbonyl (C=O) groups is 1. The molecule has 0 spiro atoms. The zero-order chi connectivity index (χ0) is 14.5. The predicted molar refractivity (Wildman–Crippen MR) is 80.0 cm³/mol. The van der Waals surface area contributed by atoms with Gasteiger partial charge in [0, 0.05) is 12.1 Å². The highest BCUT2D eigenvalue weighted by atomic mass is 16.5. The third-order valence-corrected chi connectivity index (χ3v) is 3.61. The molecule has 1 amide bonds. The molecule has 0 saturated carbocycles. The minimum absolute atomic E-state index is 0.0423. The normalized spacial score (nSPS) is 17.1. The molecule has 4 heteroatoms. The third kappa shape index (κ3) is 3.51. The summed E-state index contributed by atoms with van der Waals surface area (Å²) in [6.45, 7) is 4.35. The summed E-state index contributed by atoms with van der Waals surface area (Å²) in [4.78, 5) is 11.6. The first-order valence-corrected chi connectivity index (χ1v) is 7.33. The van der Waals surface area contributed by atoms with E-state index in [0.717, 1.165) is 18.6 Å². The van der Waals surface area contributed by atoms with E-state index in [-0.39, 0.29) is 11.9 Å². The van der Waals surface area contributed by atoms with Crippen molar-refractivity contribution >= 4 is 5.91 Å². The number of rotatable bonds is 6. The lowest BCUT2D eigenvalue weighted by atomic mass is 10.1. The molecule has 1 aliphatic rings. The molecule has 0 aromatic heterocycles. The molecular weight excluding hydrogens is 252 g/mol. The van der Waals surface area contributed by atoms with Crippen LogP contribution in [0, 0.1) is 0 Å². The Morgan fingerprint density at radius 2 is 2.25 bits per heavy atom. The van der Waals surface area contributed by atoms with Crippen molar-refractivity contribution in [3.63, 3.8) is 0 Å². The van der Waals surface area contributed by atoms with Gasteiger partial charge >= 0.3 is 0 Å². The Kier molecular flexibility index (Phi) is 5.01. The minimum atomic E-state index is 0.0423. The van der Waals surface area contributed by atoms with E-state index in [4.69, 9.17) is 4.74 Å². The monoisotopic (exact) mass is 276 g/mol. The molecule has 0 bridgehead atoms. The largest absolute Gasteiger partial charge is 0.493 e. The Labute approximate surface area is 120 Å². The Balaban J connectivity index is 1.92. The maximum atomic E-state index is 11.6. The molecule has 1 aromatic carbocycles. The van der Waals surface area contributed by atoms with E-state index in [2.05, 4.69) is 16.7 Å². The topological polar surface area (TPSA) is 50.4 Å². The highest BCUT2D eigenvalue weighted by molar-refractivity contribution is 5.76. The van der Waals surface area contributed by atoms with Gasteiger partial charge in [-0.2, -0.15) is 0 Å². The van der Waals surface area contributed by atoms with Gasteiger partial charge in [-0.15, -0.1) is 0 Å². The van der Waals surface area contributed by atoms with Crippen molar-refractivity contribution in [3.8, 4) is 5.75 Å². The van der Waals surface area contributed by atoms with Crippen molar-refractivity contribution in [1.29, 1.82) is 0 Å². The quantitative estimate of drug-likeness (QED) is 0.837. The number of amides is 1. The molecule has 1 atom stereocenters. The number of ether oxygens (including phenoxy) is 1. The Morgan fingerprint density at radius 1 is 1.45 bits per heavy atom. The Morgan fingerprint density at radius 3 is 2.95 bits per heavy atom. The van der Waals surface area contributed by atoms with Crippen LogP contribution in [0.1, 0.15) is 43.9 Å². The van der Waals surface area contributed by atoms with E-state index >= 15 is 0 Å². The van der Waals surface area contributed by atoms with Crippen LogP contribution in [0.2, 0.25) is 0 Å². The van der Waals surface area contributed by atoms with Crippen LogP contribution in [0.5, 0.6) is 5.75 Å². The first-order chi connectivity index (χ1) is 9.61. The van der Waals surface area contributed by atoms with Gasteiger partial charge in [-0.1, -0.05) is 12.1 Å².